The Morgan fingerprint density at radius 1 is 1.30 bits per heavy atom. The first-order valence-corrected chi connectivity index (χ1v) is 10.1. The van der Waals surface area contributed by atoms with Gasteiger partial charge in [-0.3, -0.25) is 4.99 Å². The van der Waals surface area contributed by atoms with E-state index >= 15 is 0 Å². The molecule has 2 saturated carbocycles. The van der Waals surface area contributed by atoms with Crippen molar-refractivity contribution in [1.82, 2.24) is 10.6 Å². The van der Waals surface area contributed by atoms with E-state index in [4.69, 9.17) is 4.74 Å². The molecule has 0 radical (unpaired) electrons. The Hall–Kier alpha value is -0.860. The van der Waals surface area contributed by atoms with Crippen LogP contribution in [0.2, 0.25) is 0 Å². The molecule has 1 aliphatic heterocycles. The summed E-state index contributed by atoms with van der Waals surface area (Å²) in [5.74, 6) is 1.43. The van der Waals surface area contributed by atoms with E-state index in [1.165, 1.54) is 25.7 Å². The van der Waals surface area contributed by atoms with Gasteiger partial charge in [-0.2, -0.15) is 0 Å². The van der Waals surface area contributed by atoms with E-state index in [0.29, 0.717) is 30.0 Å². The first-order valence-electron chi connectivity index (χ1n) is 10.1. The van der Waals surface area contributed by atoms with Crippen LogP contribution in [0.25, 0.3) is 0 Å². The van der Waals surface area contributed by atoms with Crippen LogP contribution in [-0.2, 0) is 4.74 Å². The Labute approximate surface area is 179 Å². The number of aliphatic hydroxyl groups excluding tert-OH is 1. The predicted octanol–water partition coefficient (Wildman–Crippen LogP) is 3.24. The first kappa shape index (κ1) is 20.9. The molecule has 3 aliphatic rings. The fraction of sp³-hybridized carbons (Fsp3) is 0.667. The second-order valence-electron chi connectivity index (χ2n) is 7.95. The minimum atomic E-state index is -0.573. The van der Waals surface area contributed by atoms with Gasteiger partial charge in [-0.1, -0.05) is 43.2 Å². The maximum Gasteiger partial charge on any atom is 0.191 e. The lowest BCUT2D eigenvalue weighted by molar-refractivity contribution is -0.125. The number of halogens is 1. The smallest absolute Gasteiger partial charge is 0.191 e. The second kappa shape index (κ2) is 9.09. The van der Waals surface area contributed by atoms with Gasteiger partial charge in [0.05, 0.1) is 18.8 Å². The molecule has 1 aromatic rings. The molecule has 0 aromatic heterocycles. The fourth-order valence-electron chi connectivity index (χ4n) is 5.33. The van der Waals surface area contributed by atoms with Gasteiger partial charge in [0.2, 0.25) is 0 Å². The average molecular weight is 485 g/mol. The number of aliphatic imine (C=N–C) groups is 1. The lowest BCUT2D eigenvalue weighted by Crippen LogP contribution is -2.69. The number of hydrogen-bond donors (Lipinski definition) is 3. The molecule has 150 valence electrons. The number of aliphatic hydroxyl groups is 1. The van der Waals surface area contributed by atoms with Crippen molar-refractivity contribution < 1.29 is 9.84 Å². The molecule has 3 fully saturated rings. The maximum absolute atomic E-state index is 10.4. The van der Waals surface area contributed by atoms with Crippen LogP contribution in [0.4, 0.5) is 0 Å². The molecular formula is C21H32IN3O2. The fourth-order valence-corrected chi connectivity index (χ4v) is 5.33. The number of nitrogens with one attached hydrogen (secondary N) is 2. The van der Waals surface area contributed by atoms with E-state index in [1.54, 1.807) is 0 Å². The molecule has 1 saturated heterocycles. The highest BCUT2D eigenvalue weighted by Gasteiger charge is 2.65. The summed E-state index contributed by atoms with van der Waals surface area (Å²) in [6.07, 6.45) is 6.17. The van der Waals surface area contributed by atoms with Crippen LogP contribution >= 0.6 is 24.0 Å². The Bertz CT molecular complexity index is 634. The SMILES string of the molecule is CCNC(=NCC(O)c1ccccc1)NC1C2CCOC2C12CCCC2.I. The van der Waals surface area contributed by atoms with Crippen LogP contribution in [0, 0.1) is 11.3 Å². The summed E-state index contributed by atoms with van der Waals surface area (Å²) in [5.41, 5.74) is 1.21. The zero-order valence-corrected chi connectivity index (χ0v) is 18.4. The van der Waals surface area contributed by atoms with Crippen LogP contribution in [0.1, 0.15) is 50.7 Å². The molecule has 3 N–H and O–H groups in total. The Balaban J connectivity index is 0.00000210. The van der Waals surface area contributed by atoms with E-state index in [0.717, 1.165) is 31.1 Å². The van der Waals surface area contributed by atoms with Gasteiger partial charge in [-0.25, -0.2) is 0 Å². The van der Waals surface area contributed by atoms with E-state index in [2.05, 4.69) is 22.5 Å². The highest BCUT2D eigenvalue weighted by molar-refractivity contribution is 14.0. The summed E-state index contributed by atoms with van der Waals surface area (Å²) in [6.45, 7) is 4.16. The summed E-state index contributed by atoms with van der Waals surface area (Å²) < 4.78 is 6.08. The molecule has 1 spiro atoms. The van der Waals surface area contributed by atoms with Crippen molar-refractivity contribution in [1.29, 1.82) is 0 Å². The first-order chi connectivity index (χ1) is 12.7. The van der Waals surface area contributed by atoms with Gasteiger partial charge < -0.3 is 20.5 Å². The number of benzene rings is 1. The van der Waals surface area contributed by atoms with E-state index < -0.39 is 6.10 Å². The number of rotatable bonds is 5. The molecule has 4 atom stereocenters. The topological polar surface area (TPSA) is 65.9 Å². The van der Waals surface area contributed by atoms with Gasteiger partial charge in [0.25, 0.3) is 0 Å². The lowest BCUT2D eigenvalue weighted by Gasteiger charge is -2.57. The highest BCUT2D eigenvalue weighted by Crippen LogP contribution is 2.60. The summed E-state index contributed by atoms with van der Waals surface area (Å²) in [6, 6.07) is 10.2. The zero-order chi connectivity index (χ0) is 18.0. The molecule has 0 bridgehead atoms. The third kappa shape index (κ3) is 3.98. The number of guanidine groups is 1. The molecular weight excluding hydrogens is 453 g/mol. The van der Waals surface area contributed by atoms with Gasteiger partial charge in [0.15, 0.2) is 5.96 Å². The van der Waals surface area contributed by atoms with Gasteiger partial charge in [0, 0.05) is 30.5 Å². The Kier molecular flexibility index (Phi) is 7.03. The molecule has 5 nitrogen and oxygen atoms in total. The summed E-state index contributed by atoms with van der Waals surface area (Å²) in [4.78, 5) is 4.68. The van der Waals surface area contributed by atoms with Gasteiger partial charge in [0.1, 0.15) is 0 Å². The number of hydrogen-bond acceptors (Lipinski definition) is 3. The van der Waals surface area contributed by atoms with Crippen LogP contribution in [0.3, 0.4) is 0 Å². The van der Waals surface area contributed by atoms with Crippen molar-refractivity contribution in [3.63, 3.8) is 0 Å². The molecule has 4 rings (SSSR count). The summed E-state index contributed by atoms with van der Waals surface area (Å²) >= 11 is 0. The highest BCUT2D eigenvalue weighted by atomic mass is 127. The van der Waals surface area contributed by atoms with Crippen molar-refractivity contribution in [3.05, 3.63) is 35.9 Å². The molecule has 2 aliphatic carbocycles. The molecule has 6 heteroatoms. The van der Waals surface area contributed by atoms with Crippen molar-refractivity contribution in [2.24, 2.45) is 16.3 Å². The van der Waals surface area contributed by atoms with Crippen molar-refractivity contribution in [2.45, 2.75) is 57.3 Å². The monoisotopic (exact) mass is 485 g/mol. The van der Waals surface area contributed by atoms with Crippen LogP contribution in [0.5, 0.6) is 0 Å². The minimum Gasteiger partial charge on any atom is -0.386 e. The van der Waals surface area contributed by atoms with Crippen molar-refractivity contribution in [2.75, 3.05) is 19.7 Å². The molecule has 1 aromatic carbocycles. The van der Waals surface area contributed by atoms with E-state index in [1.807, 2.05) is 30.3 Å². The lowest BCUT2D eigenvalue weighted by atomic mass is 9.54. The van der Waals surface area contributed by atoms with Crippen molar-refractivity contribution in [3.8, 4) is 0 Å². The van der Waals surface area contributed by atoms with Crippen LogP contribution < -0.4 is 10.6 Å². The van der Waals surface area contributed by atoms with Gasteiger partial charge in [-0.05, 0) is 31.7 Å². The quantitative estimate of drug-likeness (QED) is 0.341. The van der Waals surface area contributed by atoms with E-state index in [9.17, 15) is 5.11 Å². The predicted molar refractivity (Wildman–Crippen MR) is 118 cm³/mol. The minimum absolute atomic E-state index is 0. The van der Waals surface area contributed by atoms with Crippen LogP contribution in [-0.4, -0.2) is 42.9 Å². The van der Waals surface area contributed by atoms with Crippen molar-refractivity contribution >= 4 is 29.9 Å². The van der Waals surface area contributed by atoms with E-state index in [-0.39, 0.29) is 24.0 Å². The molecule has 0 amide bonds. The molecule has 27 heavy (non-hydrogen) atoms. The van der Waals surface area contributed by atoms with Crippen LogP contribution in [0.15, 0.2) is 35.3 Å². The van der Waals surface area contributed by atoms with Gasteiger partial charge in [-0.15, -0.1) is 24.0 Å². The number of nitrogens with zero attached hydrogens (tertiary/aromatic N) is 1. The summed E-state index contributed by atoms with van der Waals surface area (Å²) in [5, 5.41) is 17.5. The number of ether oxygens (including phenoxy) is 1. The number of fused-ring (bicyclic) bond motifs is 2. The Morgan fingerprint density at radius 3 is 2.74 bits per heavy atom. The third-order valence-corrected chi connectivity index (χ3v) is 6.53. The molecule has 1 heterocycles. The normalized spacial score (nSPS) is 29.6. The standard InChI is InChI=1S/C21H31N3O2.HI/c1-2-22-20(23-14-17(25)15-8-4-3-5-9-15)24-18-16-10-13-26-19(16)21(18)11-6-7-12-21;/h3-5,8-9,16-19,25H,2,6-7,10-14H2,1H3,(H2,22,23,24);1H. The maximum atomic E-state index is 10.4. The largest absolute Gasteiger partial charge is 0.386 e. The average Bonchev–Trinajstić information content (AvgIpc) is 3.33. The Morgan fingerprint density at radius 2 is 2.04 bits per heavy atom. The second-order valence-corrected chi connectivity index (χ2v) is 7.95. The van der Waals surface area contributed by atoms with Gasteiger partial charge >= 0.3 is 0 Å². The molecule has 4 unspecified atom stereocenters. The zero-order valence-electron chi connectivity index (χ0n) is 16.1. The third-order valence-electron chi connectivity index (χ3n) is 6.53. The summed E-state index contributed by atoms with van der Waals surface area (Å²) in [7, 11) is 0.